The van der Waals surface area contributed by atoms with Crippen molar-refractivity contribution in [2.75, 3.05) is 30.4 Å². The van der Waals surface area contributed by atoms with E-state index in [-0.39, 0.29) is 11.0 Å². The smallest absolute Gasteiger partial charge is 0.376 e. The van der Waals surface area contributed by atoms with Gasteiger partial charge in [-0.05, 0) is 25.0 Å². The van der Waals surface area contributed by atoms with E-state index in [2.05, 4.69) is 57.0 Å². The lowest BCUT2D eigenvalue weighted by atomic mass is 9.94. The highest BCUT2D eigenvalue weighted by Crippen LogP contribution is 2.30. The summed E-state index contributed by atoms with van der Waals surface area (Å²) in [5.41, 5.74) is 3.53. The van der Waals surface area contributed by atoms with Crippen molar-refractivity contribution >= 4 is 29.1 Å². The molecule has 142 valence electrons. The number of benzene rings is 1. The van der Waals surface area contributed by atoms with Gasteiger partial charge in [-0.15, -0.1) is 0 Å². The Kier molecular flexibility index (Phi) is 5.96. The second kappa shape index (κ2) is 8.39. The van der Waals surface area contributed by atoms with Gasteiger partial charge in [-0.3, -0.25) is 0 Å². The molecule has 1 aromatic heterocycles. The van der Waals surface area contributed by atoms with Crippen LogP contribution in [0.2, 0.25) is 5.15 Å². The molecule has 1 aliphatic heterocycles. The summed E-state index contributed by atoms with van der Waals surface area (Å²) in [6.45, 7) is 5.80. The Hall–Kier alpha value is -2.60. The number of esters is 1. The number of nitrogens with one attached hydrogen (secondary N) is 1. The van der Waals surface area contributed by atoms with E-state index in [1.54, 1.807) is 6.07 Å². The van der Waals surface area contributed by atoms with Crippen LogP contribution in [0, 0.1) is 12.8 Å². The SMILES string of the molecule is CC/C=C(/Nc1ccccc1C)C1CN(c2cc(Cl)nc(C(=O)OC)n2)C1. The summed E-state index contributed by atoms with van der Waals surface area (Å²) in [7, 11) is 1.30. The van der Waals surface area contributed by atoms with Crippen LogP contribution in [0.15, 0.2) is 42.1 Å². The lowest BCUT2D eigenvalue weighted by Crippen LogP contribution is -2.49. The minimum absolute atomic E-state index is 0.0224. The Labute approximate surface area is 164 Å². The van der Waals surface area contributed by atoms with E-state index in [4.69, 9.17) is 11.6 Å². The van der Waals surface area contributed by atoms with E-state index in [9.17, 15) is 4.79 Å². The number of allylic oxidation sites excluding steroid dienone is 1. The number of carbonyl (C=O) groups excluding carboxylic acids is 1. The molecule has 2 heterocycles. The molecule has 0 spiro atoms. The zero-order valence-corrected chi connectivity index (χ0v) is 16.5. The molecule has 27 heavy (non-hydrogen) atoms. The van der Waals surface area contributed by atoms with E-state index in [1.165, 1.54) is 18.4 Å². The molecule has 1 fully saturated rings. The van der Waals surface area contributed by atoms with Crippen molar-refractivity contribution in [1.82, 2.24) is 9.97 Å². The molecule has 1 aromatic carbocycles. The summed E-state index contributed by atoms with van der Waals surface area (Å²) in [5.74, 6) is 0.382. The molecule has 3 rings (SSSR count). The Morgan fingerprint density at radius 1 is 1.37 bits per heavy atom. The summed E-state index contributed by atoms with van der Waals surface area (Å²) in [4.78, 5) is 22.0. The molecular formula is C20H23ClN4O2. The number of aromatic nitrogens is 2. The first-order valence-corrected chi connectivity index (χ1v) is 9.30. The lowest BCUT2D eigenvalue weighted by Gasteiger charge is -2.41. The fourth-order valence-electron chi connectivity index (χ4n) is 3.02. The van der Waals surface area contributed by atoms with E-state index < -0.39 is 5.97 Å². The maximum absolute atomic E-state index is 11.7. The third-order valence-electron chi connectivity index (χ3n) is 4.54. The van der Waals surface area contributed by atoms with Crippen molar-refractivity contribution in [2.45, 2.75) is 20.3 Å². The van der Waals surface area contributed by atoms with Gasteiger partial charge >= 0.3 is 5.97 Å². The minimum Gasteiger partial charge on any atom is -0.463 e. The standard InChI is InChI=1S/C20H23ClN4O2/c1-4-7-16(22-15-9-6-5-8-13(15)2)14-11-25(12-14)18-10-17(21)23-19(24-18)20(26)27-3/h5-10,14,22H,4,11-12H2,1-3H3/b16-7+. The first kappa shape index (κ1) is 19.2. The molecule has 2 aromatic rings. The van der Waals surface area contributed by atoms with Crippen LogP contribution in [0.1, 0.15) is 29.5 Å². The summed E-state index contributed by atoms with van der Waals surface area (Å²) >= 11 is 6.04. The van der Waals surface area contributed by atoms with Gasteiger partial charge in [-0.25, -0.2) is 14.8 Å². The van der Waals surface area contributed by atoms with Crippen molar-refractivity contribution in [3.63, 3.8) is 0 Å². The van der Waals surface area contributed by atoms with E-state index in [0.717, 1.165) is 25.2 Å². The Bertz CT molecular complexity index is 863. The summed E-state index contributed by atoms with van der Waals surface area (Å²) < 4.78 is 4.69. The highest BCUT2D eigenvalue weighted by atomic mass is 35.5. The molecule has 0 radical (unpaired) electrons. The van der Waals surface area contributed by atoms with Crippen molar-refractivity contribution < 1.29 is 9.53 Å². The fraction of sp³-hybridized carbons (Fsp3) is 0.350. The number of hydrogen-bond acceptors (Lipinski definition) is 6. The van der Waals surface area contributed by atoms with Crippen LogP contribution in [0.4, 0.5) is 11.5 Å². The van der Waals surface area contributed by atoms with Crippen LogP contribution in [-0.4, -0.2) is 36.1 Å². The van der Waals surface area contributed by atoms with Crippen LogP contribution in [0.5, 0.6) is 0 Å². The molecule has 0 saturated carbocycles. The van der Waals surface area contributed by atoms with Crippen LogP contribution < -0.4 is 10.2 Å². The summed E-state index contributed by atoms with van der Waals surface area (Å²) in [6, 6.07) is 9.91. The van der Waals surface area contributed by atoms with E-state index in [0.29, 0.717) is 11.7 Å². The molecule has 0 unspecified atom stereocenters. The highest BCUT2D eigenvalue weighted by Gasteiger charge is 2.31. The number of aryl methyl sites for hydroxylation is 1. The number of para-hydroxylation sites is 1. The van der Waals surface area contributed by atoms with Gasteiger partial charge in [0.2, 0.25) is 5.82 Å². The number of nitrogens with zero attached hydrogens (tertiary/aromatic N) is 3. The molecule has 7 heteroatoms. The number of halogens is 1. The summed E-state index contributed by atoms with van der Waals surface area (Å²) in [6.07, 6.45) is 3.18. The average Bonchev–Trinajstić information content (AvgIpc) is 2.61. The highest BCUT2D eigenvalue weighted by molar-refractivity contribution is 6.29. The van der Waals surface area contributed by atoms with Gasteiger partial charge in [0.25, 0.3) is 0 Å². The van der Waals surface area contributed by atoms with Crippen LogP contribution in [0.25, 0.3) is 0 Å². The van der Waals surface area contributed by atoms with Crippen LogP contribution in [-0.2, 0) is 4.74 Å². The maximum Gasteiger partial charge on any atom is 0.376 e. The van der Waals surface area contributed by atoms with Crippen molar-refractivity contribution in [1.29, 1.82) is 0 Å². The normalized spacial score (nSPS) is 14.7. The molecular weight excluding hydrogens is 364 g/mol. The third-order valence-corrected chi connectivity index (χ3v) is 4.74. The number of ether oxygens (including phenoxy) is 1. The summed E-state index contributed by atoms with van der Waals surface area (Å²) in [5, 5.41) is 3.80. The number of rotatable bonds is 6. The van der Waals surface area contributed by atoms with Crippen molar-refractivity contribution in [2.24, 2.45) is 5.92 Å². The molecule has 1 N–H and O–H groups in total. The number of methoxy groups -OCH3 is 1. The van der Waals surface area contributed by atoms with Crippen molar-refractivity contribution in [3.8, 4) is 0 Å². The molecule has 1 saturated heterocycles. The van der Waals surface area contributed by atoms with Gasteiger partial charge in [0.05, 0.1) is 7.11 Å². The number of carbonyl (C=O) groups is 1. The number of anilines is 2. The van der Waals surface area contributed by atoms with Gasteiger partial charge in [-0.2, -0.15) is 0 Å². The van der Waals surface area contributed by atoms with E-state index in [1.807, 2.05) is 12.1 Å². The fourth-order valence-corrected chi connectivity index (χ4v) is 3.20. The van der Waals surface area contributed by atoms with Gasteiger partial charge in [0, 0.05) is 36.5 Å². The lowest BCUT2D eigenvalue weighted by molar-refractivity contribution is 0.0586. The largest absolute Gasteiger partial charge is 0.463 e. The first-order chi connectivity index (χ1) is 13.0. The third kappa shape index (κ3) is 4.39. The molecule has 0 aliphatic carbocycles. The Balaban J connectivity index is 1.72. The zero-order chi connectivity index (χ0) is 19.4. The second-order valence-electron chi connectivity index (χ2n) is 6.47. The Morgan fingerprint density at radius 3 is 2.78 bits per heavy atom. The van der Waals surface area contributed by atoms with Gasteiger partial charge in [0.1, 0.15) is 11.0 Å². The first-order valence-electron chi connectivity index (χ1n) is 8.92. The second-order valence-corrected chi connectivity index (χ2v) is 6.86. The molecule has 0 amide bonds. The van der Waals surface area contributed by atoms with E-state index >= 15 is 0 Å². The van der Waals surface area contributed by atoms with Crippen LogP contribution >= 0.6 is 11.6 Å². The molecule has 0 bridgehead atoms. The van der Waals surface area contributed by atoms with Gasteiger partial charge in [0.15, 0.2) is 0 Å². The molecule has 1 aliphatic rings. The van der Waals surface area contributed by atoms with Gasteiger partial charge in [-0.1, -0.05) is 42.8 Å². The molecule has 6 nitrogen and oxygen atoms in total. The Morgan fingerprint density at radius 2 is 2.11 bits per heavy atom. The predicted molar refractivity (Wildman–Crippen MR) is 107 cm³/mol. The quantitative estimate of drug-likeness (QED) is 0.596. The monoisotopic (exact) mass is 386 g/mol. The van der Waals surface area contributed by atoms with Gasteiger partial charge < -0.3 is 15.0 Å². The zero-order valence-electron chi connectivity index (χ0n) is 15.7. The number of hydrogen-bond donors (Lipinski definition) is 1. The minimum atomic E-state index is -0.594. The molecule has 0 atom stereocenters. The average molecular weight is 387 g/mol. The van der Waals surface area contributed by atoms with Crippen LogP contribution in [0.3, 0.4) is 0 Å². The predicted octanol–water partition coefficient (Wildman–Crippen LogP) is 4.07. The maximum atomic E-state index is 11.7. The topological polar surface area (TPSA) is 67.4 Å². The van der Waals surface area contributed by atoms with Crippen molar-refractivity contribution in [3.05, 3.63) is 58.6 Å².